The molecule has 2 amide bonds. The van der Waals surface area contributed by atoms with Crippen LogP contribution in [0.15, 0.2) is 47.0 Å². The molecule has 8 N–H and O–H groups in total. The van der Waals surface area contributed by atoms with Crippen LogP contribution in [-0.4, -0.2) is 91.1 Å². The molecular formula is C38H52N4O10S. The summed E-state index contributed by atoms with van der Waals surface area (Å²) >= 11 is 1.39. The van der Waals surface area contributed by atoms with Crippen LogP contribution in [0.3, 0.4) is 0 Å². The summed E-state index contributed by atoms with van der Waals surface area (Å²) in [5.41, 5.74) is 9.60. The van der Waals surface area contributed by atoms with Crippen LogP contribution in [0.2, 0.25) is 0 Å². The van der Waals surface area contributed by atoms with E-state index in [0.29, 0.717) is 25.0 Å². The van der Waals surface area contributed by atoms with Crippen LogP contribution < -0.4 is 16.4 Å². The van der Waals surface area contributed by atoms with E-state index in [9.17, 15) is 39.3 Å². The van der Waals surface area contributed by atoms with Crippen molar-refractivity contribution < 1.29 is 49.1 Å². The molecule has 5 rings (SSSR count). The maximum absolute atomic E-state index is 14.2. The molecule has 4 aliphatic rings. The molecule has 3 aliphatic carbocycles. The van der Waals surface area contributed by atoms with Gasteiger partial charge in [-0.2, -0.15) is 0 Å². The lowest BCUT2D eigenvalue weighted by Crippen LogP contribution is -2.53. The Balaban J connectivity index is 1.53. The SMILES string of the molecule is NC(CCC(=O)NC(CSC1C2=C3C(CCCCCC14CCCC4)CC(Cc1ccncc1)=C(CCCO)C3C(=O)O2)C(=O)NC(O)C(=O)O)C(=O)O. The number of carboxylic acid groups (broad SMARTS) is 2. The molecule has 0 radical (unpaired) electrons. The molecule has 1 saturated carbocycles. The Kier molecular flexibility index (Phi) is 14.1. The number of nitrogens with one attached hydrogen (secondary N) is 2. The maximum Gasteiger partial charge on any atom is 0.353 e. The Morgan fingerprint density at radius 2 is 1.72 bits per heavy atom. The van der Waals surface area contributed by atoms with Gasteiger partial charge in [0, 0.05) is 31.2 Å². The number of carbonyl (C=O) groups excluding carboxylic acids is 3. The fourth-order valence-corrected chi connectivity index (χ4v) is 10.3. The quantitative estimate of drug-likeness (QED) is 0.0731. The number of ether oxygens (including phenoxy) is 1. The van der Waals surface area contributed by atoms with E-state index in [1.165, 1.54) is 17.3 Å². The lowest BCUT2D eigenvalue weighted by Gasteiger charge is -2.40. The van der Waals surface area contributed by atoms with Gasteiger partial charge in [0.25, 0.3) is 0 Å². The zero-order valence-corrected chi connectivity index (χ0v) is 30.8. The second-order valence-electron chi connectivity index (χ2n) is 14.8. The van der Waals surface area contributed by atoms with Gasteiger partial charge in [-0.25, -0.2) is 4.79 Å². The average Bonchev–Trinajstić information content (AvgIpc) is 3.75. The molecular weight excluding hydrogens is 705 g/mol. The molecule has 1 spiro atoms. The van der Waals surface area contributed by atoms with Gasteiger partial charge in [-0.1, -0.05) is 43.3 Å². The molecule has 2 heterocycles. The smallest absolute Gasteiger partial charge is 0.353 e. The van der Waals surface area contributed by atoms with Crippen molar-refractivity contribution in [3.05, 3.63) is 52.6 Å². The number of carbonyl (C=O) groups is 5. The first kappa shape index (κ1) is 40.4. The molecule has 1 fully saturated rings. The summed E-state index contributed by atoms with van der Waals surface area (Å²) < 4.78 is 6.41. The second kappa shape index (κ2) is 18.5. The molecule has 0 aromatic carbocycles. The van der Waals surface area contributed by atoms with Crippen molar-refractivity contribution in [2.24, 2.45) is 23.0 Å². The van der Waals surface area contributed by atoms with Gasteiger partial charge in [0.15, 0.2) is 0 Å². The normalized spacial score (nSPS) is 24.2. The molecule has 6 unspecified atom stereocenters. The summed E-state index contributed by atoms with van der Waals surface area (Å²) in [5.74, 6) is -4.78. The van der Waals surface area contributed by atoms with Crippen molar-refractivity contribution in [2.75, 3.05) is 12.4 Å². The van der Waals surface area contributed by atoms with Gasteiger partial charge in [-0.05, 0) is 92.4 Å². The van der Waals surface area contributed by atoms with Crippen molar-refractivity contribution in [1.82, 2.24) is 15.6 Å². The first-order valence-electron chi connectivity index (χ1n) is 18.7. The Morgan fingerprint density at radius 1 is 1.02 bits per heavy atom. The standard InChI is InChI=1S/C38H52N4O10S/c39-26(35(47)48)9-10-28(44)41-27(33(45)42-34(46)36(49)50)21-53-32-31-29-23(7-2-1-3-13-38(32)14-4-5-15-38)20-24(19-22-11-16-40-17-12-22)25(8-6-18-43)30(29)37(51)52-31/h11-12,16-17,23,26-27,30,32,34,43,46H,1-10,13-15,18-21,39H2,(H,41,44)(H,42,45)(H,47,48)(H,49,50). The van der Waals surface area contributed by atoms with E-state index in [1.807, 2.05) is 17.4 Å². The van der Waals surface area contributed by atoms with E-state index < -0.39 is 48.0 Å². The van der Waals surface area contributed by atoms with Gasteiger partial charge in [0.2, 0.25) is 18.0 Å². The number of nitrogens with zero attached hydrogens (tertiary/aromatic N) is 1. The number of hydrogen-bond donors (Lipinski definition) is 7. The summed E-state index contributed by atoms with van der Waals surface area (Å²) in [5, 5.41) is 42.5. The van der Waals surface area contributed by atoms with Crippen LogP contribution in [0, 0.1) is 17.3 Å². The van der Waals surface area contributed by atoms with E-state index in [2.05, 4.69) is 10.3 Å². The molecule has 1 aliphatic heterocycles. The third-order valence-corrected chi connectivity index (χ3v) is 12.8. The number of aliphatic carboxylic acids is 2. The van der Waals surface area contributed by atoms with Gasteiger partial charge in [-0.3, -0.25) is 24.2 Å². The summed E-state index contributed by atoms with van der Waals surface area (Å²) in [4.78, 5) is 67.4. The number of rotatable bonds is 16. The van der Waals surface area contributed by atoms with E-state index in [4.69, 9.17) is 15.6 Å². The topological polar surface area (TPSA) is 238 Å². The molecule has 0 bridgehead atoms. The number of allylic oxidation sites excluding steroid dienone is 1. The fourth-order valence-electron chi connectivity index (χ4n) is 8.64. The molecule has 14 nitrogen and oxygen atoms in total. The zero-order chi connectivity index (χ0) is 38.1. The predicted molar refractivity (Wildman–Crippen MR) is 195 cm³/mol. The Bertz CT molecular complexity index is 1580. The van der Waals surface area contributed by atoms with Crippen molar-refractivity contribution >= 4 is 41.5 Å². The van der Waals surface area contributed by atoms with Gasteiger partial charge >= 0.3 is 17.9 Å². The van der Waals surface area contributed by atoms with E-state index >= 15 is 0 Å². The van der Waals surface area contributed by atoms with E-state index in [-0.39, 0.29) is 47.8 Å². The lowest BCUT2D eigenvalue weighted by molar-refractivity contribution is -0.151. The molecule has 1 aromatic rings. The second-order valence-corrected chi connectivity index (χ2v) is 15.9. The van der Waals surface area contributed by atoms with Crippen LogP contribution >= 0.6 is 11.8 Å². The molecule has 290 valence electrons. The minimum atomic E-state index is -2.21. The third kappa shape index (κ3) is 9.85. The number of thioether (sulfide) groups is 1. The first-order chi connectivity index (χ1) is 25.4. The molecule has 53 heavy (non-hydrogen) atoms. The number of aliphatic hydroxyl groups excluding tert-OH is 2. The highest BCUT2D eigenvalue weighted by Gasteiger charge is 2.53. The molecule has 1 aromatic heterocycles. The first-order valence-corrected chi connectivity index (χ1v) is 19.8. The van der Waals surface area contributed by atoms with Crippen molar-refractivity contribution in [1.29, 1.82) is 0 Å². The number of nitrogens with two attached hydrogens (primary N) is 1. The largest absolute Gasteiger partial charge is 0.480 e. The maximum atomic E-state index is 14.2. The van der Waals surface area contributed by atoms with E-state index in [1.54, 1.807) is 12.4 Å². The number of amides is 2. The molecule has 6 atom stereocenters. The average molecular weight is 757 g/mol. The van der Waals surface area contributed by atoms with Crippen LogP contribution in [-0.2, 0) is 35.1 Å². The Morgan fingerprint density at radius 3 is 2.38 bits per heavy atom. The summed E-state index contributed by atoms with van der Waals surface area (Å²) in [6.07, 6.45) is 11.9. The lowest BCUT2D eigenvalue weighted by atomic mass is 9.67. The fraction of sp³-hybridized carbons (Fsp3) is 0.632. The highest BCUT2D eigenvalue weighted by atomic mass is 32.2. The van der Waals surface area contributed by atoms with Gasteiger partial charge in [-0.15, -0.1) is 11.8 Å². The number of pyridine rings is 1. The Labute approximate surface area is 313 Å². The van der Waals surface area contributed by atoms with Crippen molar-refractivity contribution in [3.63, 3.8) is 0 Å². The highest BCUT2D eigenvalue weighted by Crippen LogP contribution is 2.58. The van der Waals surface area contributed by atoms with Crippen LogP contribution in [0.5, 0.6) is 0 Å². The van der Waals surface area contributed by atoms with Crippen LogP contribution in [0.4, 0.5) is 0 Å². The third-order valence-electron chi connectivity index (χ3n) is 11.3. The van der Waals surface area contributed by atoms with E-state index in [0.717, 1.165) is 80.9 Å². The summed E-state index contributed by atoms with van der Waals surface area (Å²) in [6.45, 7) is -0.0152. The highest BCUT2D eigenvalue weighted by molar-refractivity contribution is 8.00. The number of aliphatic hydroxyl groups is 2. The van der Waals surface area contributed by atoms with Crippen LogP contribution in [0.25, 0.3) is 0 Å². The zero-order valence-electron chi connectivity index (χ0n) is 30.0. The number of carboxylic acids is 2. The van der Waals surface area contributed by atoms with Gasteiger partial charge in [0.05, 0.1) is 5.25 Å². The minimum Gasteiger partial charge on any atom is -0.480 e. The minimum absolute atomic E-state index is 0.0152. The van der Waals surface area contributed by atoms with Crippen molar-refractivity contribution in [3.8, 4) is 0 Å². The van der Waals surface area contributed by atoms with Gasteiger partial charge < -0.3 is 41.5 Å². The monoisotopic (exact) mass is 756 g/mol. The predicted octanol–water partition coefficient (Wildman–Crippen LogP) is 2.96. The summed E-state index contributed by atoms with van der Waals surface area (Å²) in [6, 6.07) is 1.37. The molecule has 15 heteroatoms. The number of aromatic nitrogens is 1. The van der Waals surface area contributed by atoms with Crippen molar-refractivity contribution in [2.45, 2.75) is 120 Å². The van der Waals surface area contributed by atoms with Gasteiger partial charge in [0.1, 0.15) is 23.8 Å². The summed E-state index contributed by atoms with van der Waals surface area (Å²) in [7, 11) is 0. The number of esters is 1. The van der Waals surface area contributed by atoms with Crippen LogP contribution in [0.1, 0.15) is 95.5 Å². The number of hydrogen-bond acceptors (Lipinski definition) is 11. The Hall–Kier alpha value is -3.79. The molecule has 0 saturated heterocycles.